The molecule has 156 valence electrons. The van der Waals surface area contributed by atoms with Gasteiger partial charge in [-0.3, -0.25) is 15.1 Å². The van der Waals surface area contributed by atoms with Crippen LogP contribution in [-0.4, -0.2) is 45.7 Å². The molecule has 3 N–H and O–H groups in total. The van der Waals surface area contributed by atoms with E-state index in [4.69, 9.17) is 11.6 Å². The van der Waals surface area contributed by atoms with Crippen molar-refractivity contribution in [3.63, 3.8) is 0 Å². The Morgan fingerprint density at radius 2 is 1.90 bits per heavy atom. The Bertz CT molecular complexity index is 1010. The highest BCUT2D eigenvalue weighted by molar-refractivity contribution is 7.90. The lowest BCUT2D eigenvalue weighted by atomic mass is 10.2. The molecule has 0 atom stereocenters. The molecule has 11 heteroatoms. The van der Waals surface area contributed by atoms with Gasteiger partial charge in [0.15, 0.2) is 15.8 Å². The summed E-state index contributed by atoms with van der Waals surface area (Å²) in [6, 6.07) is 11.2. The monoisotopic (exact) mass is 439 g/mol. The van der Waals surface area contributed by atoms with Gasteiger partial charge >= 0.3 is 0 Å². The summed E-state index contributed by atoms with van der Waals surface area (Å²) in [7, 11) is -1.90. The van der Waals surface area contributed by atoms with E-state index >= 15 is 0 Å². The largest absolute Gasteiger partial charge is 0.378 e. The number of aliphatic imine (C=N–C) groups is 1. The van der Waals surface area contributed by atoms with Crippen molar-refractivity contribution in [1.29, 1.82) is 0 Å². The quantitative estimate of drug-likeness (QED) is 0.189. The molecule has 0 spiro atoms. The molecular formula is C18H22ClN5O4S. The number of rotatable bonds is 8. The van der Waals surface area contributed by atoms with Crippen LogP contribution in [0.3, 0.4) is 0 Å². The first-order valence-electron chi connectivity index (χ1n) is 8.62. The summed E-state index contributed by atoms with van der Waals surface area (Å²) < 4.78 is 23.2. The molecule has 29 heavy (non-hydrogen) atoms. The van der Waals surface area contributed by atoms with Crippen LogP contribution in [0.1, 0.15) is 5.56 Å². The molecule has 0 fully saturated rings. The van der Waals surface area contributed by atoms with Gasteiger partial charge in [0.2, 0.25) is 0 Å². The van der Waals surface area contributed by atoms with E-state index in [1.165, 1.54) is 12.1 Å². The lowest BCUT2D eigenvalue weighted by molar-refractivity contribution is -0.384. The van der Waals surface area contributed by atoms with Crippen molar-refractivity contribution in [3.05, 3.63) is 63.2 Å². The Labute approximate surface area is 174 Å². The maximum Gasteiger partial charge on any atom is 0.293 e. The molecule has 0 radical (unpaired) electrons. The first-order chi connectivity index (χ1) is 13.7. The SMILES string of the molecule is CN=C(NCCNc1ccc(S(C)(=O)=O)cc1[N+](=O)[O-])NCc1ccccc1Cl. The number of halogens is 1. The van der Waals surface area contributed by atoms with Crippen molar-refractivity contribution >= 4 is 38.8 Å². The minimum absolute atomic E-state index is 0.1000. The molecule has 0 unspecified atom stereocenters. The van der Waals surface area contributed by atoms with Gasteiger partial charge in [-0.25, -0.2) is 8.42 Å². The van der Waals surface area contributed by atoms with E-state index < -0.39 is 14.8 Å². The fourth-order valence-corrected chi connectivity index (χ4v) is 3.31. The van der Waals surface area contributed by atoms with Crippen LogP contribution >= 0.6 is 11.6 Å². The van der Waals surface area contributed by atoms with Gasteiger partial charge in [-0.15, -0.1) is 0 Å². The summed E-state index contributed by atoms with van der Waals surface area (Å²) >= 11 is 6.12. The van der Waals surface area contributed by atoms with E-state index in [-0.39, 0.29) is 16.3 Å². The van der Waals surface area contributed by atoms with Gasteiger partial charge in [0.1, 0.15) is 5.69 Å². The number of hydrogen-bond acceptors (Lipinski definition) is 6. The number of hydrogen-bond donors (Lipinski definition) is 3. The molecule has 0 aliphatic rings. The number of anilines is 1. The zero-order valence-electron chi connectivity index (χ0n) is 16.0. The highest BCUT2D eigenvalue weighted by atomic mass is 35.5. The van der Waals surface area contributed by atoms with Gasteiger partial charge in [0, 0.05) is 44.0 Å². The molecule has 0 aliphatic heterocycles. The van der Waals surface area contributed by atoms with Crippen molar-refractivity contribution in [1.82, 2.24) is 10.6 Å². The van der Waals surface area contributed by atoms with Gasteiger partial charge in [0.25, 0.3) is 5.69 Å². The highest BCUT2D eigenvalue weighted by Gasteiger charge is 2.18. The number of nitrogens with one attached hydrogen (secondary N) is 3. The highest BCUT2D eigenvalue weighted by Crippen LogP contribution is 2.27. The van der Waals surface area contributed by atoms with E-state index in [0.29, 0.717) is 30.6 Å². The van der Waals surface area contributed by atoms with Crippen LogP contribution in [0, 0.1) is 10.1 Å². The average molecular weight is 440 g/mol. The lowest BCUT2D eigenvalue weighted by Crippen LogP contribution is -2.39. The van der Waals surface area contributed by atoms with Crippen LogP contribution in [-0.2, 0) is 16.4 Å². The molecule has 9 nitrogen and oxygen atoms in total. The normalized spacial score (nSPS) is 11.8. The summed E-state index contributed by atoms with van der Waals surface area (Å²) in [6.45, 7) is 1.27. The molecule has 0 heterocycles. The third-order valence-corrected chi connectivity index (χ3v) is 5.43. The fourth-order valence-electron chi connectivity index (χ4n) is 2.46. The van der Waals surface area contributed by atoms with E-state index in [1.807, 2.05) is 18.2 Å². The molecule has 2 aromatic rings. The Morgan fingerprint density at radius 1 is 1.17 bits per heavy atom. The minimum Gasteiger partial charge on any atom is -0.378 e. The summed E-state index contributed by atoms with van der Waals surface area (Å²) in [5.74, 6) is 0.550. The second-order valence-electron chi connectivity index (χ2n) is 6.08. The number of guanidine groups is 1. The van der Waals surface area contributed by atoms with Crippen LogP contribution in [0.25, 0.3) is 0 Å². The second kappa shape index (κ2) is 10.1. The molecular weight excluding hydrogens is 418 g/mol. The zero-order valence-corrected chi connectivity index (χ0v) is 17.5. The maximum absolute atomic E-state index is 11.6. The fraction of sp³-hybridized carbons (Fsp3) is 0.278. The standard InChI is InChI=1S/C18H22ClN5O4S/c1-20-18(23-12-13-5-3-4-6-15(13)19)22-10-9-21-16-8-7-14(29(2,27)28)11-17(16)24(25)26/h3-8,11,21H,9-10,12H2,1-2H3,(H2,20,22,23). The number of benzene rings is 2. The summed E-state index contributed by atoms with van der Waals surface area (Å²) in [6.07, 6.45) is 1.00. The Kier molecular flexibility index (Phi) is 7.80. The topological polar surface area (TPSA) is 126 Å². The number of nitrogens with zero attached hydrogens (tertiary/aromatic N) is 2. The molecule has 0 saturated heterocycles. The minimum atomic E-state index is -3.53. The Hall–Kier alpha value is -2.85. The summed E-state index contributed by atoms with van der Waals surface area (Å²) in [5, 5.41) is 21.1. The van der Waals surface area contributed by atoms with Crippen molar-refractivity contribution in [3.8, 4) is 0 Å². The molecule has 0 aliphatic carbocycles. The van der Waals surface area contributed by atoms with Crippen LogP contribution in [0.5, 0.6) is 0 Å². The van der Waals surface area contributed by atoms with Gasteiger partial charge in [0.05, 0.1) is 9.82 Å². The van der Waals surface area contributed by atoms with Gasteiger partial charge < -0.3 is 16.0 Å². The molecule has 0 bridgehead atoms. The van der Waals surface area contributed by atoms with Gasteiger partial charge in [-0.2, -0.15) is 0 Å². The molecule has 2 aromatic carbocycles. The third kappa shape index (κ3) is 6.61. The average Bonchev–Trinajstić information content (AvgIpc) is 2.67. The Morgan fingerprint density at radius 3 is 2.52 bits per heavy atom. The smallest absolute Gasteiger partial charge is 0.293 e. The van der Waals surface area contributed by atoms with Crippen molar-refractivity contribution in [2.75, 3.05) is 31.7 Å². The zero-order chi connectivity index (χ0) is 21.4. The first kappa shape index (κ1) is 22.4. The van der Waals surface area contributed by atoms with Gasteiger partial charge in [-0.05, 0) is 23.8 Å². The predicted octanol–water partition coefficient (Wildman–Crippen LogP) is 2.43. The van der Waals surface area contributed by atoms with Crippen molar-refractivity contribution in [2.45, 2.75) is 11.4 Å². The molecule has 2 rings (SSSR count). The molecule has 0 amide bonds. The van der Waals surface area contributed by atoms with Crippen LogP contribution in [0.4, 0.5) is 11.4 Å². The third-order valence-electron chi connectivity index (χ3n) is 3.95. The van der Waals surface area contributed by atoms with Gasteiger partial charge in [-0.1, -0.05) is 29.8 Å². The van der Waals surface area contributed by atoms with E-state index in [2.05, 4.69) is 20.9 Å². The van der Waals surface area contributed by atoms with E-state index in [9.17, 15) is 18.5 Å². The number of nitro benzene ring substituents is 1. The summed E-state index contributed by atoms with van der Waals surface area (Å²) in [4.78, 5) is 14.6. The number of nitro groups is 1. The molecule has 0 aromatic heterocycles. The van der Waals surface area contributed by atoms with Crippen LogP contribution in [0.15, 0.2) is 52.4 Å². The van der Waals surface area contributed by atoms with E-state index in [1.54, 1.807) is 13.1 Å². The van der Waals surface area contributed by atoms with E-state index in [0.717, 1.165) is 17.9 Å². The number of sulfone groups is 1. The lowest BCUT2D eigenvalue weighted by Gasteiger charge is -2.13. The van der Waals surface area contributed by atoms with Crippen LogP contribution < -0.4 is 16.0 Å². The Balaban J connectivity index is 1.90. The van der Waals surface area contributed by atoms with Crippen molar-refractivity contribution in [2.24, 2.45) is 4.99 Å². The first-order valence-corrected chi connectivity index (χ1v) is 10.9. The second-order valence-corrected chi connectivity index (χ2v) is 8.50. The van der Waals surface area contributed by atoms with Crippen LogP contribution in [0.2, 0.25) is 5.02 Å². The predicted molar refractivity (Wildman–Crippen MR) is 114 cm³/mol. The summed E-state index contributed by atoms with van der Waals surface area (Å²) in [5.41, 5.74) is 0.870. The molecule has 0 saturated carbocycles. The van der Waals surface area contributed by atoms with Crippen molar-refractivity contribution < 1.29 is 13.3 Å². The maximum atomic E-state index is 11.6.